The van der Waals surface area contributed by atoms with E-state index in [1.807, 2.05) is 0 Å². The molecule has 92 valence electrons. The highest BCUT2D eigenvalue weighted by atomic mass is 32.2. The highest BCUT2D eigenvalue weighted by Crippen LogP contribution is 2.52. The van der Waals surface area contributed by atoms with Gasteiger partial charge < -0.3 is 10.0 Å². The maximum absolute atomic E-state index is 11.8. The highest BCUT2D eigenvalue weighted by molar-refractivity contribution is 8.01. The van der Waals surface area contributed by atoms with Crippen molar-refractivity contribution in [3.05, 3.63) is 11.6 Å². The Morgan fingerprint density at radius 1 is 1.47 bits per heavy atom. The minimum atomic E-state index is -1.000. The number of carboxylic acids is 1. The van der Waals surface area contributed by atoms with Crippen LogP contribution >= 0.6 is 11.8 Å². The van der Waals surface area contributed by atoms with E-state index in [0.29, 0.717) is 5.57 Å². The van der Waals surface area contributed by atoms with Crippen LogP contribution < -0.4 is 0 Å². The van der Waals surface area contributed by atoms with Crippen molar-refractivity contribution < 1.29 is 19.5 Å². The van der Waals surface area contributed by atoms with E-state index in [9.17, 15) is 14.4 Å². The molecule has 1 N–H and O–H groups in total. The number of carboxylic acid groups (broad SMARTS) is 1. The number of hydrogen-bond donors (Lipinski definition) is 1. The third kappa shape index (κ3) is 1.67. The molecule has 17 heavy (non-hydrogen) atoms. The second-order valence-electron chi connectivity index (χ2n) is 4.74. The van der Waals surface area contributed by atoms with Gasteiger partial charge >= 0.3 is 5.97 Å². The third-order valence-electron chi connectivity index (χ3n) is 2.94. The number of fused-ring (bicyclic) bond motifs is 1. The predicted molar refractivity (Wildman–Crippen MR) is 62.5 cm³/mol. The lowest BCUT2D eigenvalue weighted by Crippen LogP contribution is -2.58. The summed E-state index contributed by atoms with van der Waals surface area (Å²) in [5, 5.41) is 8.87. The topological polar surface area (TPSA) is 74.7 Å². The molecule has 0 aromatic heterocycles. The first-order chi connectivity index (χ1) is 7.75. The number of carbonyl (C=O) groups excluding carboxylic acids is 2. The molecule has 2 aliphatic rings. The second kappa shape index (κ2) is 3.60. The molecule has 2 rings (SSSR count). The zero-order valence-corrected chi connectivity index (χ0v) is 10.6. The van der Waals surface area contributed by atoms with Gasteiger partial charge in [0.15, 0.2) is 5.78 Å². The van der Waals surface area contributed by atoms with E-state index < -0.39 is 16.8 Å². The van der Waals surface area contributed by atoms with E-state index in [-0.39, 0.29) is 17.1 Å². The summed E-state index contributed by atoms with van der Waals surface area (Å²) in [6, 6.07) is -0.825. The van der Waals surface area contributed by atoms with Crippen molar-refractivity contribution in [1.29, 1.82) is 0 Å². The Hall–Kier alpha value is -1.30. The average Bonchev–Trinajstić information content (AvgIpc) is 2.43. The fourth-order valence-corrected chi connectivity index (χ4v) is 3.82. The van der Waals surface area contributed by atoms with Crippen molar-refractivity contribution in [2.24, 2.45) is 0 Å². The van der Waals surface area contributed by atoms with Crippen molar-refractivity contribution in [3.8, 4) is 0 Å². The fraction of sp³-hybridized carbons (Fsp3) is 0.545. The summed E-state index contributed by atoms with van der Waals surface area (Å²) in [6.07, 6.45) is 1.30. The van der Waals surface area contributed by atoms with Crippen LogP contribution in [0.25, 0.3) is 0 Å². The van der Waals surface area contributed by atoms with Gasteiger partial charge in [-0.05, 0) is 26.8 Å². The molecule has 0 bridgehead atoms. The minimum absolute atomic E-state index is 0.190. The smallest absolute Gasteiger partial charge is 0.327 e. The van der Waals surface area contributed by atoms with E-state index in [4.69, 9.17) is 5.11 Å². The summed E-state index contributed by atoms with van der Waals surface area (Å²) >= 11 is 1.41. The number of allylic oxidation sites excluding steroid dienone is 1. The van der Waals surface area contributed by atoms with Crippen LogP contribution in [-0.4, -0.2) is 43.8 Å². The molecule has 0 saturated carbocycles. The Bertz CT molecular complexity index is 454. The van der Waals surface area contributed by atoms with Crippen LogP contribution in [0, 0.1) is 0 Å². The van der Waals surface area contributed by atoms with Crippen LogP contribution in [0.3, 0.4) is 0 Å². The molecule has 2 atom stereocenters. The number of thioether (sulfide) groups is 1. The first-order valence-electron chi connectivity index (χ1n) is 5.21. The fourth-order valence-electron chi connectivity index (χ4n) is 2.27. The standard InChI is InChI=1S/C11H13NO4S/c1-5(13)4-6-8(14)12-7(10(15)16)11(2,3)17-9(6)12/h4,7,9H,1-3H3,(H,15,16)/b6-4-/t7-,9+/m0/s1. The zero-order valence-electron chi connectivity index (χ0n) is 9.76. The van der Waals surface area contributed by atoms with E-state index in [2.05, 4.69) is 0 Å². The Labute approximate surface area is 103 Å². The monoisotopic (exact) mass is 255 g/mol. The number of rotatable bonds is 2. The summed E-state index contributed by atoms with van der Waals surface area (Å²) < 4.78 is -0.543. The summed E-state index contributed by atoms with van der Waals surface area (Å²) in [7, 11) is 0. The van der Waals surface area contributed by atoms with Gasteiger partial charge in [0.2, 0.25) is 0 Å². The highest BCUT2D eigenvalue weighted by Gasteiger charge is 2.61. The number of aliphatic carboxylic acids is 1. The lowest BCUT2D eigenvalue weighted by molar-refractivity contribution is -0.152. The minimum Gasteiger partial charge on any atom is -0.480 e. The molecule has 0 aromatic carbocycles. The van der Waals surface area contributed by atoms with Crippen molar-refractivity contribution >= 4 is 29.4 Å². The van der Waals surface area contributed by atoms with Crippen LogP contribution in [-0.2, 0) is 14.4 Å². The maximum atomic E-state index is 11.8. The normalized spacial score (nSPS) is 32.3. The molecule has 6 heteroatoms. The van der Waals surface area contributed by atoms with Crippen LogP contribution in [0.15, 0.2) is 11.6 Å². The lowest BCUT2D eigenvalue weighted by Gasteiger charge is -2.38. The Morgan fingerprint density at radius 2 is 2.06 bits per heavy atom. The number of ketones is 1. The van der Waals surface area contributed by atoms with Crippen LogP contribution in [0.5, 0.6) is 0 Å². The van der Waals surface area contributed by atoms with E-state index in [1.165, 1.54) is 29.7 Å². The van der Waals surface area contributed by atoms with Gasteiger partial charge in [-0.3, -0.25) is 9.59 Å². The molecule has 5 nitrogen and oxygen atoms in total. The van der Waals surface area contributed by atoms with Crippen molar-refractivity contribution in [3.63, 3.8) is 0 Å². The van der Waals surface area contributed by atoms with Crippen LogP contribution in [0.1, 0.15) is 20.8 Å². The van der Waals surface area contributed by atoms with Gasteiger partial charge in [0.05, 0.1) is 5.57 Å². The number of nitrogens with zero attached hydrogens (tertiary/aromatic N) is 1. The molecule has 0 unspecified atom stereocenters. The number of carbonyl (C=O) groups is 3. The quantitative estimate of drug-likeness (QED) is 0.579. The van der Waals surface area contributed by atoms with Gasteiger partial charge in [-0.25, -0.2) is 4.79 Å². The number of amides is 1. The van der Waals surface area contributed by atoms with Gasteiger partial charge in [0, 0.05) is 4.75 Å². The molecular formula is C11H13NO4S. The molecule has 0 spiro atoms. The first-order valence-corrected chi connectivity index (χ1v) is 6.09. The molecule has 0 aromatic rings. The van der Waals surface area contributed by atoms with Gasteiger partial charge in [-0.15, -0.1) is 11.8 Å². The van der Waals surface area contributed by atoms with E-state index >= 15 is 0 Å². The van der Waals surface area contributed by atoms with Gasteiger partial charge in [-0.2, -0.15) is 0 Å². The Balaban J connectivity index is 2.34. The van der Waals surface area contributed by atoms with E-state index in [0.717, 1.165) is 0 Å². The number of β-lactam (4-membered cyclic amide) rings is 1. The molecule has 1 amide bonds. The van der Waals surface area contributed by atoms with Crippen molar-refractivity contribution in [2.75, 3.05) is 0 Å². The molecular weight excluding hydrogens is 242 g/mol. The Morgan fingerprint density at radius 3 is 2.53 bits per heavy atom. The van der Waals surface area contributed by atoms with Gasteiger partial charge in [0.1, 0.15) is 11.4 Å². The van der Waals surface area contributed by atoms with Crippen LogP contribution in [0.2, 0.25) is 0 Å². The molecule has 0 aliphatic carbocycles. The number of hydrogen-bond acceptors (Lipinski definition) is 4. The molecule has 2 fully saturated rings. The molecule has 0 radical (unpaired) electrons. The first kappa shape index (κ1) is 12.2. The summed E-state index contributed by atoms with van der Waals surface area (Å²) in [4.78, 5) is 35.3. The van der Waals surface area contributed by atoms with Crippen molar-refractivity contribution in [2.45, 2.75) is 36.9 Å². The summed E-state index contributed by atoms with van der Waals surface area (Å²) in [5.41, 5.74) is 0.416. The summed E-state index contributed by atoms with van der Waals surface area (Å²) in [5.74, 6) is -1.53. The Kier molecular flexibility index (Phi) is 2.57. The van der Waals surface area contributed by atoms with Gasteiger partial charge in [0.25, 0.3) is 5.91 Å². The lowest BCUT2D eigenvalue weighted by atomic mass is 9.95. The largest absolute Gasteiger partial charge is 0.480 e. The average molecular weight is 255 g/mol. The molecule has 2 saturated heterocycles. The van der Waals surface area contributed by atoms with Crippen molar-refractivity contribution in [1.82, 2.24) is 4.90 Å². The predicted octanol–water partition coefficient (Wildman–Crippen LogP) is 0.649. The summed E-state index contributed by atoms with van der Waals surface area (Å²) in [6.45, 7) is 4.98. The van der Waals surface area contributed by atoms with Crippen LogP contribution in [0.4, 0.5) is 0 Å². The van der Waals surface area contributed by atoms with E-state index in [1.54, 1.807) is 13.8 Å². The second-order valence-corrected chi connectivity index (χ2v) is 6.47. The molecule has 2 heterocycles. The SMILES string of the molecule is CC(=O)/C=C1/C(=O)N2[C@@H]1SC(C)(C)[C@@H]2C(=O)O. The van der Waals surface area contributed by atoms with Gasteiger partial charge in [-0.1, -0.05) is 0 Å². The molecule has 2 aliphatic heterocycles. The zero-order chi connectivity index (χ0) is 13.0. The maximum Gasteiger partial charge on any atom is 0.327 e. The third-order valence-corrected chi connectivity index (χ3v) is 4.48.